The Labute approximate surface area is 112 Å². The summed E-state index contributed by atoms with van der Waals surface area (Å²) in [5.41, 5.74) is 6.81. The molecule has 0 aliphatic carbocycles. The smallest absolute Gasteiger partial charge is 0.142 e. The highest BCUT2D eigenvalue weighted by molar-refractivity contribution is 9.10. The zero-order valence-corrected chi connectivity index (χ0v) is 11.2. The largest absolute Gasteiger partial charge is 0.486 e. The fraction of sp³-hybridized carbons (Fsp3) is 0.0833. The summed E-state index contributed by atoms with van der Waals surface area (Å²) in [6, 6.07) is 9.06. The first kappa shape index (κ1) is 12.0. The minimum atomic E-state index is 0.479. The van der Waals surface area contributed by atoms with Crippen molar-refractivity contribution in [2.45, 2.75) is 6.61 Å². The summed E-state index contributed by atoms with van der Waals surface area (Å²) < 4.78 is 6.64. The maximum absolute atomic E-state index is 8.71. The van der Waals surface area contributed by atoms with Gasteiger partial charge in [0, 0.05) is 14.7 Å². The zero-order valence-electron chi connectivity index (χ0n) is 8.81. The van der Waals surface area contributed by atoms with Gasteiger partial charge in [-0.25, -0.2) is 0 Å². The van der Waals surface area contributed by atoms with Crippen LogP contribution < -0.4 is 10.5 Å². The van der Waals surface area contributed by atoms with E-state index in [9.17, 15) is 0 Å². The van der Waals surface area contributed by atoms with Crippen molar-refractivity contribution >= 4 is 33.0 Å². The summed E-state index contributed by atoms with van der Waals surface area (Å²) in [5.74, 6) is 0.605. The number of nitriles is 1. The molecule has 0 atom stereocenters. The van der Waals surface area contributed by atoms with Gasteiger partial charge in [0.1, 0.15) is 12.4 Å². The lowest BCUT2D eigenvalue weighted by molar-refractivity contribution is 0.311. The Morgan fingerprint density at radius 1 is 1.41 bits per heavy atom. The summed E-state index contributed by atoms with van der Waals surface area (Å²) in [4.78, 5) is 1.11. The Balaban J connectivity index is 2.07. The number of hydrogen-bond donors (Lipinski definition) is 1. The van der Waals surface area contributed by atoms with Crippen LogP contribution in [0, 0.1) is 11.3 Å². The van der Waals surface area contributed by atoms with E-state index in [4.69, 9.17) is 15.7 Å². The molecular formula is C12H9BrN2OS. The third kappa shape index (κ3) is 2.99. The predicted molar refractivity (Wildman–Crippen MR) is 71.9 cm³/mol. The summed E-state index contributed by atoms with van der Waals surface area (Å²) in [7, 11) is 0. The van der Waals surface area contributed by atoms with E-state index in [1.807, 2.05) is 17.5 Å². The number of hydrogen-bond acceptors (Lipinski definition) is 4. The summed E-state index contributed by atoms with van der Waals surface area (Å²) >= 11 is 5.00. The topological polar surface area (TPSA) is 59.0 Å². The standard InChI is InChI=1S/C12H9BrN2OS/c13-9-4-10(17-7-9)6-16-12-2-1-8(5-14)3-11(12)15/h1-4,7H,6,15H2. The molecule has 2 aromatic rings. The molecule has 1 aromatic carbocycles. The van der Waals surface area contributed by atoms with Crippen LogP contribution in [0.4, 0.5) is 5.69 Å². The molecule has 5 heteroatoms. The third-order valence-electron chi connectivity index (χ3n) is 2.13. The van der Waals surface area contributed by atoms with Gasteiger partial charge in [0.25, 0.3) is 0 Å². The number of nitrogens with two attached hydrogens (primary N) is 1. The van der Waals surface area contributed by atoms with Crippen LogP contribution in [0.5, 0.6) is 5.75 Å². The van der Waals surface area contributed by atoms with Crippen molar-refractivity contribution in [2.24, 2.45) is 0 Å². The Kier molecular flexibility index (Phi) is 3.67. The molecule has 0 spiro atoms. The van der Waals surface area contributed by atoms with E-state index in [1.54, 1.807) is 29.5 Å². The zero-order chi connectivity index (χ0) is 12.3. The minimum Gasteiger partial charge on any atom is -0.486 e. The van der Waals surface area contributed by atoms with Crippen molar-refractivity contribution in [2.75, 3.05) is 5.73 Å². The van der Waals surface area contributed by atoms with Crippen LogP contribution in [0.2, 0.25) is 0 Å². The molecular weight excluding hydrogens is 300 g/mol. The van der Waals surface area contributed by atoms with Gasteiger partial charge in [0.05, 0.1) is 17.3 Å². The van der Waals surface area contributed by atoms with Crippen LogP contribution in [0.1, 0.15) is 10.4 Å². The van der Waals surface area contributed by atoms with Crippen molar-refractivity contribution < 1.29 is 4.74 Å². The summed E-state index contributed by atoms with van der Waals surface area (Å²) in [6.45, 7) is 0.479. The van der Waals surface area contributed by atoms with Gasteiger partial charge in [0.2, 0.25) is 0 Å². The fourth-order valence-electron chi connectivity index (χ4n) is 1.33. The van der Waals surface area contributed by atoms with E-state index in [0.29, 0.717) is 23.6 Å². The van der Waals surface area contributed by atoms with E-state index < -0.39 is 0 Å². The van der Waals surface area contributed by atoms with Crippen LogP contribution in [-0.2, 0) is 6.61 Å². The van der Waals surface area contributed by atoms with Gasteiger partial charge < -0.3 is 10.5 Å². The quantitative estimate of drug-likeness (QED) is 0.882. The number of rotatable bonds is 3. The number of nitrogens with zero attached hydrogens (tertiary/aromatic N) is 1. The molecule has 0 amide bonds. The monoisotopic (exact) mass is 308 g/mol. The Hall–Kier alpha value is -1.51. The molecule has 0 saturated carbocycles. The second kappa shape index (κ2) is 5.21. The second-order valence-corrected chi connectivity index (χ2v) is 5.30. The highest BCUT2D eigenvalue weighted by Gasteiger charge is 2.03. The molecule has 0 bridgehead atoms. The van der Waals surface area contributed by atoms with Crippen molar-refractivity contribution in [3.05, 3.63) is 44.6 Å². The van der Waals surface area contributed by atoms with Crippen LogP contribution in [0.15, 0.2) is 34.1 Å². The van der Waals surface area contributed by atoms with Crippen molar-refractivity contribution in [3.63, 3.8) is 0 Å². The van der Waals surface area contributed by atoms with E-state index >= 15 is 0 Å². The first-order valence-corrected chi connectivity index (χ1v) is 6.51. The third-order valence-corrected chi connectivity index (χ3v) is 3.80. The van der Waals surface area contributed by atoms with Gasteiger partial charge in [-0.1, -0.05) is 0 Å². The molecule has 0 fully saturated rings. The Morgan fingerprint density at radius 2 is 2.24 bits per heavy atom. The van der Waals surface area contributed by atoms with Gasteiger partial charge in [-0.3, -0.25) is 0 Å². The van der Waals surface area contributed by atoms with Gasteiger partial charge in [0.15, 0.2) is 0 Å². The predicted octanol–water partition coefficient (Wildman–Crippen LogP) is 3.54. The van der Waals surface area contributed by atoms with E-state index in [2.05, 4.69) is 15.9 Å². The Morgan fingerprint density at radius 3 is 2.82 bits per heavy atom. The lowest BCUT2D eigenvalue weighted by Gasteiger charge is -2.07. The van der Waals surface area contributed by atoms with Crippen molar-refractivity contribution in [3.8, 4) is 11.8 Å². The summed E-state index contributed by atoms with van der Waals surface area (Å²) in [6.07, 6.45) is 0. The molecule has 0 unspecified atom stereocenters. The van der Waals surface area contributed by atoms with Gasteiger partial charge in [-0.15, -0.1) is 11.3 Å². The second-order valence-electron chi connectivity index (χ2n) is 3.38. The van der Waals surface area contributed by atoms with Crippen molar-refractivity contribution in [1.29, 1.82) is 5.26 Å². The van der Waals surface area contributed by atoms with Crippen LogP contribution in [0.25, 0.3) is 0 Å². The van der Waals surface area contributed by atoms with Crippen molar-refractivity contribution in [1.82, 2.24) is 0 Å². The molecule has 0 aliphatic rings. The van der Waals surface area contributed by atoms with Crippen LogP contribution in [0.3, 0.4) is 0 Å². The maximum atomic E-state index is 8.71. The average molecular weight is 309 g/mol. The molecule has 2 rings (SSSR count). The molecule has 2 N–H and O–H groups in total. The van der Waals surface area contributed by atoms with Crippen LogP contribution >= 0.6 is 27.3 Å². The fourth-order valence-corrected chi connectivity index (χ4v) is 2.69. The first-order valence-electron chi connectivity index (χ1n) is 4.84. The van der Waals surface area contributed by atoms with E-state index in [-0.39, 0.29) is 0 Å². The van der Waals surface area contributed by atoms with Crippen LogP contribution in [-0.4, -0.2) is 0 Å². The SMILES string of the molecule is N#Cc1ccc(OCc2cc(Br)cs2)c(N)c1. The number of halogens is 1. The number of nitrogen functional groups attached to an aromatic ring is 1. The number of anilines is 1. The van der Waals surface area contributed by atoms with Gasteiger partial charge in [-0.2, -0.15) is 5.26 Å². The molecule has 0 aliphatic heterocycles. The Bertz CT molecular complexity index is 574. The first-order chi connectivity index (χ1) is 8.19. The number of benzene rings is 1. The van der Waals surface area contributed by atoms with Gasteiger partial charge >= 0.3 is 0 Å². The summed E-state index contributed by atoms with van der Waals surface area (Å²) in [5, 5.41) is 10.7. The minimum absolute atomic E-state index is 0.479. The molecule has 86 valence electrons. The molecule has 1 heterocycles. The lowest BCUT2D eigenvalue weighted by Crippen LogP contribution is -1.97. The molecule has 0 saturated heterocycles. The van der Waals surface area contributed by atoms with E-state index in [1.165, 1.54) is 0 Å². The molecule has 1 aromatic heterocycles. The van der Waals surface area contributed by atoms with Gasteiger partial charge in [-0.05, 0) is 40.2 Å². The molecule has 0 radical (unpaired) electrons. The number of thiophene rings is 1. The maximum Gasteiger partial charge on any atom is 0.142 e. The highest BCUT2D eigenvalue weighted by Crippen LogP contribution is 2.25. The normalized spacial score (nSPS) is 9.88. The highest BCUT2D eigenvalue weighted by atomic mass is 79.9. The number of ether oxygens (including phenoxy) is 1. The lowest BCUT2D eigenvalue weighted by atomic mass is 10.2. The average Bonchev–Trinajstić information content (AvgIpc) is 2.73. The molecule has 17 heavy (non-hydrogen) atoms. The molecule has 3 nitrogen and oxygen atoms in total. The van der Waals surface area contributed by atoms with E-state index in [0.717, 1.165) is 9.35 Å².